The number of hydrogen-bond donors (Lipinski definition) is 1. The number of hydrogen-bond acceptors (Lipinski definition) is 4. The maximum Gasteiger partial charge on any atom is 0.231 e. The van der Waals surface area contributed by atoms with Crippen molar-refractivity contribution in [3.8, 4) is 0 Å². The lowest BCUT2D eigenvalue weighted by atomic mass is 10.4. The summed E-state index contributed by atoms with van der Waals surface area (Å²) in [7, 11) is -2.55. The van der Waals surface area contributed by atoms with Crippen molar-refractivity contribution >= 4 is 15.9 Å². The molecule has 5 heteroatoms. The third-order valence-electron chi connectivity index (χ3n) is 1.16. The highest BCUT2D eigenvalue weighted by molar-refractivity contribution is 7.91. The second-order valence-electron chi connectivity index (χ2n) is 1.96. The molecule has 0 aromatic rings. The van der Waals surface area contributed by atoms with E-state index in [4.69, 9.17) is 10.2 Å². The summed E-state index contributed by atoms with van der Waals surface area (Å²) in [4.78, 5) is 8.35. The van der Waals surface area contributed by atoms with Gasteiger partial charge in [-0.15, -0.1) is 0 Å². The predicted octanol–water partition coefficient (Wildman–Crippen LogP) is 0.0960. The third-order valence-corrected chi connectivity index (χ3v) is 2.98. The third kappa shape index (κ3) is 4.23. The maximum absolute atomic E-state index is 10.4. The van der Waals surface area contributed by atoms with E-state index in [0.29, 0.717) is 11.5 Å². The van der Waals surface area contributed by atoms with Crippen molar-refractivity contribution in [3.63, 3.8) is 0 Å². The molecule has 1 rings (SSSR count). The number of nitrogens with one attached hydrogen (secondary N) is 1. The van der Waals surface area contributed by atoms with E-state index >= 15 is 0 Å². The summed E-state index contributed by atoms with van der Waals surface area (Å²) >= 11 is 0. The van der Waals surface area contributed by atoms with Gasteiger partial charge < -0.3 is 0 Å². The van der Waals surface area contributed by atoms with Crippen molar-refractivity contribution in [1.82, 2.24) is 0 Å². The van der Waals surface area contributed by atoms with E-state index < -0.39 is 9.84 Å². The zero-order valence-electron chi connectivity index (χ0n) is 5.46. The lowest BCUT2D eigenvalue weighted by Crippen LogP contribution is -1.98. The van der Waals surface area contributed by atoms with E-state index in [-0.39, 0.29) is 0 Å². The summed E-state index contributed by atoms with van der Waals surface area (Å²) in [6, 6.07) is 0. The van der Waals surface area contributed by atoms with Gasteiger partial charge in [0.2, 0.25) is 6.08 Å². The van der Waals surface area contributed by atoms with E-state index in [1.165, 1.54) is 0 Å². The first-order chi connectivity index (χ1) is 4.62. The van der Waals surface area contributed by atoms with Gasteiger partial charge in [-0.2, -0.15) is 0 Å². The Morgan fingerprint density at radius 1 is 1.20 bits per heavy atom. The van der Waals surface area contributed by atoms with Gasteiger partial charge >= 0.3 is 0 Å². The van der Waals surface area contributed by atoms with Gasteiger partial charge in [-0.25, -0.2) is 18.6 Å². The fourth-order valence-corrected chi connectivity index (χ4v) is 2.24. The van der Waals surface area contributed by atoms with Gasteiger partial charge in [-0.1, -0.05) is 0 Å². The standard InChI is InChI=1S/C4H8O2S.CHNO/c5-7(6)3-1-2-4-7;2-1-3/h1-4H2;2H. The molecule has 1 heterocycles. The molecule has 1 aliphatic heterocycles. The number of rotatable bonds is 0. The Hall–Kier alpha value is -0.670. The summed E-state index contributed by atoms with van der Waals surface area (Å²) in [6.07, 6.45) is 2.50. The van der Waals surface area contributed by atoms with Crippen LogP contribution in [-0.4, -0.2) is 26.0 Å². The molecular formula is C5H9NO3S. The summed E-state index contributed by atoms with van der Waals surface area (Å²) in [6.45, 7) is 0. The van der Waals surface area contributed by atoms with E-state index in [9.17, 15) is 8.42 Å². The molecule has 0 unspecified atom stereocenters. The van der Waals surface area contributed by atoms with Crippen LogP contribution < -0.4 is 0 Å². The molecule has 58 valence electrons. The van der Waals surface area contributed by atoms with Crippen LogP contribution in [0.2, 0.25) is 0 Å². The van der Waals surface area contributed by atoms with Crippen LogP contribution in [0.4, 0.5) is 0 Å². The minimum atomic E-state index is -2.55. The normalized spacial score (nSPS) is 20.4. The average molecular weight is 163 g/mol. The molecule has 1 aliphatic rings. The molecule has 0 amide bonds. The molecule has 0 radical (unpaired) electrons. The van der Waals surface area contributed by atoms with Crippen LogP contribution in [-0.2, 0) is 14.6 Å². The Balaban J connectivity index is 0.000000236. The smallest absolute Gasteiger partial charge is 0.229 e. The predicted molar refractivity (Wildman–Crippen MR) is 36.3 cm³/mol. The molecule has 1 N–H and O–H groups in total. The highest BCUT2D eigenvalue weighted by Gasteiger charge is 2.16. The van der Waals surface area contributed by atoms with Gasteiger partial charge in [0.15, 0.2) is 0 Å². The maximum atomic E-state index is 10.4. The van der Waals surface area contributed by atoms with Crippen LogP contribution in [0.1, 0.15) is 12.8 Å². The van der Waals surface area contributed by atoms with Crippen molar-refractivity contribution in [2.24, 2.45) is 0 Å². The van der Waals surface area contributed by atoms with E-state index in [2.05, 4.69) is 0 Å². The van der Waals surface area contributed by atoms with Gasteiger partial charge in [-0.3, -0.25) is 0 Å². The lowest BCUT2D eigenvalue weighted by molar-refractivity contribution is 0.562. The van der Waals surface area contributed by atoms with E-state index in [1.54, 1.807) is 0 Å². The quantitative estimate of drug-likeness (QED) is 0.406. The fraction of sp³-hybridized carbons (Fsp3) is 0.800. The van der Waals surface area contributed by atoms with Crippen molar-refractivity contribution in [2.45, 2.75) is 12.8 Å². The molecule has 0 saturated carbocycles. The molecule has 0 aliphatic carbocycles. The molecule has 0 spiro atoms. The second kappa shape index (κ2) is 4.19. The topological polar surface area (TPSA) is 75.1 Å². The van der Waals surface area contributed by atoms with Crippen molar-refractivity contribution in [2.75, 3.05) is 11.5 Å². The van der Waals surface area contributed by atoms with E-state index in [0.717, 1.165) is 18.9 Å². The number of sulfone groups is 1. The van der Waals surface area contributed by atoms with Crippen LogP contribution >= 0.6 is 0 Å². The minimum absolute atomic E-state index is 0.424. The van der Waals surface area contributed by atoms with Gasteiger partial charge in [0.25, 0.3) is 0 Å². The molecule has 0 aromatic heterocycles. The Kier molecular flexibility index (Phi) is 3.91. The van der Waals surface area contributed by atoms with Gasteiger partial charge in [0.1, 0.15) is 9.84 Å². The average Bonchev–Trinajstić information content (AvgIpc) is 2.16. The fourth-order valence-electron chi connectivity index (χ4n) is 0.746. The Morgan fingerprint density at radius 2 is 1.50 bits per heavy atom. The minimum Gasteiger partial charge on any atom is -0.229 e. The van der Waals surface area contributed by atoms with Crippen molar-refractivity contribution < 1.29 is 13.2 Å². The Labute approximate surface area is 59.7 Å². The Bertz CT molecular complexity index is 201. The molecule has 1 saturated heterocycles. The monoisotopic (exact) mass is 163 g/mol. The molecule has 10 heavy (non-hydrogen) atoms. The van der Waals surface area contributed by atoms with Crippen LogP contribution in [0.25, 0.3) is 0 Å². The lowest BCUT2D eigenvalue weighted by Gasteiger charge is -1.81. The number of carbonyl (C=O) groups excluding carboxylic acids is 1. The first kappa shape index (κ1) is 9.33. The van der Waals surface area contributed by atoms with Crippen LogP contribution in [0.15, 0.2) is 0 Å². The van der Waals surface area contributed by atoms with E-state index in [1.807, 2.05) is 0 Å². The zero-order valence-corrected chi connectivity index (χ0v) is 6.28. The highest BCUT2D eigenvalue weighted by atomic mass is 32.2. The summed E-state index contributed by atoms with van der Waals surface area (Å²) in [5.74, 6) is 0.847. The largest absolute Gasteiger partial charge is 0.231 e. The molecule has 1 fully saturated rings. The summed E-state index contributed by atoms with van der Waals surface area (Å²) < 4.78 is 20.9. The molecule has 4 nitrogen and oxygen atoms in total. The van der Waals surface area contributed by atoms with Gasteiger partial charge in [-0.05, 0) is 12.8 Å². The molecule has 0 bridgehead atoms. The number of isocyanates is 1. The highest BCUT2D eigenvalue weighted by Crippen LogP contribution is 2.08. The van der Waals surface area contributed by atoms with Crippen LogP contribution in [0, 0.1) is 5.41 Å². The summed E-state index contributed by atoms with van der Waals surface area (Å²) in [5, 5.41) is 5.40. The Morgan fingerprint density at radius 3 is 1.60 bits per heavy atom. The summed E-state index contributed by atoms with van der Waals surface area (Å²) in [5.41, 5.74) is 0. The SMILES string of the molecule is N=C=O.O=S1(=O)CCCC1. The second-order valence-corrected chi connectivity index (χ2v) is 4.26. The molecular weight excluding hydrogens is 154 g/mol. The van der Waals surface area contributed by atoms with Crippen LogP contribution in [0.5, 0.6) is 0 Å². The molecule has 0 atom stereocenters. The zero-order chi connectivity index (χ0) is 8.04. The first-order valence-electron chi connectivity index (χ1n) is 2.86. The van der Waals surface area contributed by atoms with Crippen molar-refractivity contribution in [3.05, 3.63) is 0 Å². The molecule has 0 aromatic carbocycles. The van der Waals surface area contributed by atoms with Crippen LogP contribution in [0.3, 0.4) is 0 Å². The van der Waals surface area contributed by atoms with Crippen molar-refractivity contribution in [1.29, 1.82) is 5.41 Å². The first-order valence-corrected chi connectivity index (χ1v) is 4.69. The van der Waals surface area contributed by atoms with Gasteiger partial charge in [0, 0.05) is 0 Å². The van der Waals surface area contributed by atoms with Gasteiger partial charge in [0.05, 0.1) is 11.5 Å².